The monoisotopic (exact) mass is 300 g/mol. The number of carbonyl (C=O) groups excluding carboxylic acids is 1. The number of nitrogens with zero attached hydrogens (tertiary/aromatic N) is 5. The molecule has 2 aromatic heterocycles. The molecule has 0 bridgehead atoms. The minimum atomic E-state index is 0.0249. The number of hydrogen-bond donors (Lipinski definition) is 1. The van der Waals surface area contributed by atoms with Gasteiger partial charge in [0.15, 0.2) is 0 Å². The summed E-state index contributed by atoms with van der Waals surface area (Å²) in [6.07, 6.45) is 5.41. The predicted octanol–water partition coefficient (Wildman–Crippen LogP) is 1.39. The Hall–Kier alpha value is -2.44. The molecule has 22 heavy (non-hydrogen) atoms. The molecular formula is C15H20N6O. The zero-order valence-corrected chi connectivity index (χ0v) is 12.9. The van der Waals surface area contributed by atoms with Crippen molar-refractivity contribution in [1.82, 2.24) is 24.6 Å². The number of aromatic nitrogens is 4. The SMILES string of the molecule is CNc1cc(C2CCCN2C(=O)Cn2cccn2)nc(C)n1. The third-order valence-corrected chi connectivity index (χ3v) is 3.88. The van der Waals surface area contributed by atoms with Crippen LogP contribution in [0.1, 0.15) is 30.4 Å². The molecule has 1 saturated heterocycles. The normalized spacial score (nSPS) is 17.7. The average Bonchev–Trinajstić information content (AvgIpc) is 3.17. The summed E-state index contributed by atoms with van der Waals surface area (Å²) in [6, 6.07) is 3.77. The molecule has 0 saturated carbocycles. The molecule has 7 nitrogen and oxygen atoms in total. The Morgan fingerprint density at radius 2 is 2.32 bits per heavy atom. The number of carbonyl (C=O) groups is 1. The van der Waals surface area contributed by atoms with Crippen LogP contribution in [-0.2, 0) is 11.3 Å². The van der Waals surface area contributed by atoms with Crippen molar-refractivity contribution < 1.29 is 4.79 Å². The van der Waals surface area contributed by atoms with Gasteiger partial charge in [-0.2, -0.15) is 5.10 Å². The van der Waals surface area contributed by atoms with Crippen molar-refractivity contribution in [3.63, 3.8) is 0 Å². The Labute approximate surface area is 129 Å². The Morgan fingerprint density at radius 1 is 1.45 bits per heavy atom. The van der Waals surface area contributed by atoms with Crippen molar-refractivity contribution in [2.45, 2.75) is 32.4 Å². The van der Waals surface area contributed by atoms with Gasteiger partial charge >= 0.3 is 0 Å². The quantitative estimate of drug-likeness (QED) is 0.923. The molecule has 2 aromatic rings. The number of hydrogen-bond acceptors (Lipinski definition) is 5. The van der Waals surface area contributed by atoms with Gasteiger partial charge in [0.1, 0.15) is 18.2 Å². The summed E-state index contributed by atoms with van der Waals surface area (Å²) in [5.74, 6) is 1.58. The van der Waals surface area contributed by atoms with Crippen molar-refractivity contribution in [1.29, 1.82) is 0 Å². The van der Waals surface area contributed by atoms with Crippen LogP contribution in [0.3, 0.4) is 0 Å². The lowest BCUT2D eigenvalue weighted by Gasteiger charge is -2.24. The standard InChI is InChI=1S/C15H20N6O/c1-11-18-12(9-14(16-2)19-11)13-5-3-8-21(13)15(22)10-20-7-4-6-17-20/h4,6-7,9,13H,3,5,8,10H2,1-2H3,(H,16,18,19). The number of anilines is 1. The van der Waals surface area contributed by atoms with Crippen LogP contribution in [0.15, 0.2) is 24.5 Å². The van der Waals surface area contributed by atoms with Gasteiger partial charge in [-0.1, -0.05) is 0 Å². The van der Waals surface area contributed by atoms with Crippen LogP contribution in [0.5, 0.6) is 0 Å². The predicted molar refractivity (Wildman–Crippen MR) is 82.2 cm³/mol. The fourth-order valence-corrected chi connectivity index (χ4v) is 2.89. The molecule has 0 spiro atoms. The third kappa shape index (κ3) is 2.93. The van der Waals surface area contributed by atoms with Gasteiger partial charge in [-0.15, -0.1) is 0 Å². The van der Waals surface area contributed by atoms with Crippen LogP contribution in [0, 0.1) is 6.92 Å². The molecule has 1 amide bonds. The van der Waals surface area contributed by atoms with E-state index in [0.29, 0.717) is 5.82 Å². The molecule has 1 fully saturated rings. The minimum absolute atomic E-state index is 0.0249. The maximum atomic E-state index is 12.5. The highest BCUT2D eigenvalue weighted by Crippen LogP contribution is 2.31. The van der Waals surface area contributed by atoms with Crippen molar-refractivity contribution >= 4 is 11.7 Å². The van der Waals surface area contributed by atoms with Crippen LogP contribution in [0.25, 0.3) is 0 Å². The highest BCUT2D eigenvalue weighted by atomic mass is 16.2. The molecule has 1 N–H and O–H groups in total. The number of likely N-dealkylation sites (tertiary alicyclic amines) is 1. The summed E-state index contributed by atoms with van der Waals surface area (Å²) in [5.41, 5.74) is 0.906. The van der Waals surface area contributed by atoms with Crippen LogP contribution >= 0.6 is 0 Å². The van der Waals surface area contributed by atoms with Gasteiger partial charge in [0.25, 0.3) is 0 Å². The van der Waals surface area contributed by atoms with Gasteiger partial charge in [0.05, 0.1) is 11.7 Å². The van der Waals surface area contributed by atoms with E-state index in [-0.39, 0.29) is 18.5 Å². The zero-order chi connectivity index (χ0) is 15.5. The van der Waals surface area contributed by atoms with Gasteiger partial charge in [0, 0.05) is 32.1 Å². The van der Waals surface area contributed by atoms with E-state index in [9.17, 15) is 4.79 Å². The molecule has 1 atom stereocenters. The van der Waals surface area contributed by atoms with E-state index in [0.717, 1.165) is 30.9 Å². The van der Waals surface area contributed by atoms with E-state index in [1.54, 1.807) is 17.1 Å². The second-order valence-corrected chi connectivity index (χ2v) is 5.42. The van der Waals surface area contributed by atoms with Crippen LogP contribution in [0.4, 0.5) is 5.82 Å². The fraction of sp³-hybridized carbons (Fsp3) is 0.467. The second kappa shape index (κ2) is 6.13. The maximum absolute atomic E-state index is 12.5. The minimum Gasteiger partial charge on any atom is -0.373 e. The molecule has 1 aliphatic rings. The van der Waals surface area contributed by atoms with E-state index in [4.69, 9.17) is 0 Å². The van der Waals surface area contributed by atoms with Crippen LogP contribution in [-0.4, -0.2) is 44.1 Å². The number of amides is 1. The topological polar surface area (TPSA) is 75.9 Å². The highest BCUT2D eigenvalue weighted by Gasteiger charge is 2.31. The first-order valence-electron chi connectivity index (χ1n) is 7.47. The van der Waals surface area contributed by atoms with Gasteiger partial charge < -0.3 is 10.2 Å². The van der Waals surface area contributed by atoms with E-state index in [1.807, 2.05) is 31.0 Å². The summed E-state index contributed by atoms with van der Waals surface area (Å²) in [7, 11) is 1.83. The van der Waals surface area contributed by atoms with Gasteiger partial charge in [-0.3, -0.25) is 9.48 Å². The molecule has 0 aliphatic carbocycles. The van der Waals surface area contributed by atoms with Gasteiger partial charge in [0.2, 0.25) is 5.91 Å². The number of aryl methyl sites for hydroxylation is 1. The lowest BCUT2D eigenvalue weighted by atomic mass is 10.1. The molecule has 116 valence electrons. The lowest BCUT2D eigenvalue weighted by Crippen LogP contribution is -2.34. The van der Waals surface area contributed by atoms with Gasteiger partial charge in [-0.05, 0) is 25.8 Å². The molecule has 0 aromatic carbocycles. The molecule has 3 rings (SSSR count). The first-order chi connectivity index (χ1) is 10.7. The second-order valence-electron chi connectivity index (χ2n) is 5.42. The summed E-state index contributed by atoms with van der Waals surface area (Å²) in [4.78, 5) is 23.3. The van der Waals surface area contributed by atoms with Crippen molar-refractivity contribution in [2.75, 3.05) is 18.9 Å². The average molecular weight is 300 g/mol. The Kier molecular flexibility index (Phi) is 4.04. The van der Waals surface area contributed by atoms with E-state index in [2.05, 4.69) is 20.4 Å². The Balaban J connectivity index is 1.80. The van der Waals surface area contributed by atoms with E-state index in [1.165, 1.54) is 0 Å². The fourth-order valence-electron chi connectivity index (χ4n) is 2.89. The van der Waals surface area contributed by atoms with Crippen molar-refractivity contribution in [3.8, 4) is 0 Å². The summed E-state index contributed by atoms with van der Waals surface area (Å²) in [5, 5.41) is 7.14. The molecule has 0 radical (unpaired) electrons. The van der Waals surface area contributed by atoms with E-state index < -0.39 is 0 Å². The Bertz CT molecular complexity index is 654. The maximum Gasteiger partial charge on any atom is 0.244 e. The summed E-state index contributed by atoms with van der Waals surface area (Å²) < 4.78 is 1.65. The lowest BCUT2D eigenvalue weighted by molar-refractivity contribution is -0.133. The first kappa shape index (κ1) is 14.5. The first-order valence-corrected chi connectivity index (χ1v) is 7.47. The molecular weight excluding hydrogens is 280 g/mol. The highest BCUT2D eigenvalue weighted by molar-refractivity contribution is 5.76. The Morgan fingerprint density at radius 3 is 3.05 bits per heavy atom. The zero-order valence-electron chi connectivity index (χ0n) is 12.9. The van der Waals surface area contributed by atoms with Crippen molar-refractivity contribution in [2.24, 2.45) is 0 Å². The van der Waals surface area contributed by atoms with Crippen LogP contribution < -0.4 is 5.32 Å². The molecule has 7 heteroatoms. The smallest absolute Gasteiger partial charge is 0.244 e. The molecule has 1 unspecified atom stereocenters. The van der Waals surface area contributed by atoms with Crippen LogP contribution in [0.2, 0.25) is 0 Å². The molecule has 1 aliphatic heterocycles. The molecule has 3 heterocycles. The number of nitrogens with one attached hydrogen (secondary N) is 1. The van der Waals surface area contributed by atoms with E-state index >= 15 is 0 Å². The number of rotatable bonds is 4. The van der Waals surface area contributed by atoms with Gasteiger partial charge in [-0.25, -0.2) is 9.97 Å². The summed E-state index contributed by atoms with van der Waals surface area (Å²) in [6.45, 7) is 2.91. The largest absolute Gasteiger partial charge is 0.373 e. The third-order valence-electron chi connectivity index (χ3n) is 3.88. The summed E-state index contributed by atoms with van der Waals surface area (Å²) >= 11 is 0. The van der Waals surface area contributed by atoms with Crippen molar-refractivity contribution in [3.05, 3.63) is 36.0 Å².